The second-order valence-electron chi connectivity index (χ2n) is 5.41. The molecule has 0 fully saturated rings. The Balaban J connectivity index is 3.09. The number of benzene rings is 1. The van der Waals surface area contributed by atoms with Gasteiger partial charge in [0.25, 0.3) is 0 Å². The highest BCUT2D eigenvalue weighted by Gasteiger charge is 2.50. The van der Waals surface area contributed by atoms with Gasteiger partial charge >= 0.3 is 11.9 Å². The molecule has 0 aliphatic heterocycles. The lowest BCUT2D eigenvalue weighted by atomic mass is 9.87. The fourth-order valence-corrected chi connectivity index (χ4v) is 2.33. The zero-order chi connectivity index (χ0) is 15.3. The van der Waals surface area contributed by atoms with Crippen LogP contribution in [0.2, 0.25) is 0 Å². The van der Waals surface area contributed by atoms with Crippen LogP contribution in [0.3, 0.4) is 0 Å². The summed E-state index contributed by atoms with van der Waals surface area (Å²) in [5.74, 6) is -2.69. The molecule has 0 unspecified atom stereocenters. The topological polar surface area (TPSA) is 77.8 Å². The van der Waals surface area contributed by atoms with Gasteiger partial charge in [-0.3, -0.25) is 4.90 Å². The first-order valence-corrected chi connectivity index (χ1v) is 6.52. The van der Waals surface area contributed by atoms with E-state index < -0.39 is 17.5 Å². The van der Waals surface area contributed by atoms with Crippen molar-refractivity contribution < 1.29 is 19.8 Å². The van der Waals surface area contributed by atoms with Gasteiger partial charge in [0.2, 0.25) is 5.54 Å². The Hall–Kier alpha value is -1.88. The Bertz CT molecular complexity index is 456. The van der Waals surface area contributed by atoms with Gasteiger partial charge in [-0.05, 0) is 24.9 Å². The molecule has 0 aromatic heterocycles. The monoisotopic (exact) mass is 279 g/mol. The Morgan fingerprint density at radius 2 is 1.65 bits per heavy atom. The predicted octanol–water partition coefficient (Wildman–Crippen LogP) is 2.07. The van der Waals surface area contributed by atoms with Crippen LogP contribution < -0.4 is 0 Å². The van der Waals surface area contributed by atoms with Crippen molar-refractivity contribution in [2.75, 3.05) is 7.05 Å². The van der Waals surface area contributed by atoms with Crippen LogP contribution in [0.4, 0.5) is 0 Å². The second kappa shape index (κ2) is 6.52. The molecule has 5 heteroatoms. The van der Waals surface area contributed by atoms with Crippen molar-refractivity contribution >= 4 is 11.9 Å². The Morgan fingerprint density at radius 1 is 1.15 bits per heavy atom. The standard InChI is InChI=1S/C15H21NO4/c1-11(2)9-15(13(17)18,14(19)20)16(3)10-12-7-5-4-6-8-12/h4-8,11H,9-10H2,1-3H3,(H,17,18)(H,19,20). The maximum absolute atomic E-state index is 11.6. The van der Waals surface area contributed by atoms with E-state index in [1.54, 1.807) is 0 Å². The summed E-state index contributed by atoms with van der Waals surface area (Å²) >= 11 is 0. The molecule has 1 aromatic rings. The van der Waals surface area contributed by atoms with Crippen molar-refractivity contribution in [3.05, 3.63) is 35.9 Å². The SMILES string of the molecule is CC(C)CC(C(=O)O)(C(=O)O)N(C)Cc1ccccc1. The van der Waals surface area contributed by atoms with Gasteiger partial charge in [0.05, 0.1) is 0 Å². The maximum Gasteiger partial charge on any atom is 0.335 e. The van der Waals surface area contributed by atoms with Gasteiger partial charge in [-0.25, -0.2) is 9.59 Å². The Morgan fingerprint density at radius 3 is 2.05 bits per heavy atom. The van der Waals surface area contributed by atoms with E-state index in [9.17, 15) is 19.8 Å². The minimum atomic E-state index is -1.90. The zero-order valence-corrected chi connectivity index (χ0v) is 12.0. The first-order valence-electron chi connectivity index (χ1n) is 6.52. The number of carbonyl (C=O) groups is 2. The molecular formula is C15H21NO4. The molecule has 0 saturated heterocycles. The molecule has 5 nitrogen and oxygen atoms in total. The number of carboxylic acids is 2. The lowest BCUT2D eigenvalue weighted by molar-refractivity contribution is -0.168. The first kappa shape index (κ1) is 16.2. The number of hydrogen-bond donors (Lipinski definition) is 2. The summed E-state index contributed by atoms with van der Waals surface area (Å²) in [7, 11) is 1.54. The Kier molecular flexibility index (Phi) is 5.27. The summed E-state index contributed by atoms with van der Waals surface area (Å²) in [5.41, 5.74) is -1.02. The van der Waals surface area contributed by atoms with E-state index in [0.29, 0.717) is 0 Å². The highest BCUT2D eigenvalue weighted by molar-refractivity contribution is 6.03. The quantitative estimate of drug-likeness (QED) is 0.747. The van der Waals surface area contributed by atoms with Gasteiger partial charge < -0.3 is 10.2 Å². The number of hydrogen-bond acceptors (Lipinski definition) is 3. The number of rotatable bonds is 7. The van der Waals surface area contributed by atoms with Gasteiger partial charge in [-0.15, -0.1) is 0 Å². The summed E-state index contributed by atoms with van der Waals surface area (Å²) in [4.78, 5) is 24.6. The molecule has 0 atom stereocenters. The van der Waals surface area contributed by atoms with Crippen LogP contribution in [-0.4, -0.2) is 39.6 Å². The van der Waals surface area contributed by atoms with E-state index in [2.05, 4.69) is 0 Å². The Labute approximate surface area is 118 Å². The normalized spacial score (nSPS) is 11.8. The van der Waals surface area contributed by atoms with E-state index >= 15 is 0 Å². The van der Waals surface area contributed by atoms with Crippen LogP contribution in [0.1, 0.15) is 25.8 Å². The minimum Gasteiger partial charge on any atom is -0.479 e. The van der Waals surface area contributed by atoms with Crippen LogP contribution in [-0.2, 0) is 16.1 Å². The van der Waals surface area contributed by atoms with Crippen LogP contribution in [0.5, 0.6) is 0 Å². The third-order valence-electron chi connectivity index (χ3n) is 3.33. The van der Waals surface area contributed by atoms with Crippen molar-refractivity contribution in [2.24, 2.45) is 5.92 Å². The fourth-order valence-electron chi connectivity index (χ4n) is 2.33. The molecule has 0 radical (unpaired) electrons. The molecule has 20 heavy (non-hydrogen) atoms. The number of carboxylic acid groups (broad SMARTS) is 2. The van der Waals surface area contributed by atoms with E-state index in [1.165, 1.54) is 11.9 Å². The van der Waals surface area contributed by atoms with E-state index in [1.807, 2.05) is 44.2 Å². The van der Waals surface area contributed by atoms with Gasteiger partial charge in [-0.2, -0.15) is 0 Å². The smallest absolute Gasteiger partial charge is 0.335 e. The van der Waals surface area contributed by atoms with Crippen molar-refractivity contribution in [1.29, 1.82) is 0 Å². The summed E-state index contributed by atoms with van der Waals surface area (Å²) in [6, 6.07) is 9.24. The summed E-state index contributed by atoms with van der Waals surface area (Å²) in [6.45, 7) is 3.90. The van der Waals surface area contributed by atoms with Gasteiger partial charge in [0.1, 0.15) is 0 Å². The highest BCUT2D eigenvalue weighted by Crippen LogP contribution is 2.26. The van der Waals surface area contributed by atoms with E-state index in [4.69, 9.17) is 0 Å². The summed E-state index contributed by atoms with van der Waals surface area (Å²) in [6.07, 6.45) is 0.0565. The average Bonchev–Trinajstić information content (AvgIpc) is 2.35. The fraction of sp³-hybridized carbons (Fsp3) is 0.467. The van der Waals surface area contributed by atoms with Gasteiger partial charge in [0, 0.05) is 6.54 Å². The first-order chi connectivity index (χ1) is 9.30. The predicted molar refractivity (Wildman–Crippen MR) is 75.4 cm³/mol. The van der Waals surface area contributed by atoms with Crippen LogP contribution >= 0.6 is 0 Å². The maximum atomic E-state index is 11.6. The van der Waals surface area contributed by atoms with Gasteiger partial charge in [-0.1, -0.05) is 44.2 Å². The molecule has 0 aliphatic carbocycles. The third-order valence-corrected chi connectivity index (χ3v) is 3.33. The van der Waals surface area contributed by atoms with Gasteiger partial charge in [0.15, 0.2) is 0 Å². The lowest BCUT2D eigenvalue weighted by Gasteiger charge is -2.35. The summed E-state index contributed by atoms with van der Waals surface area (Å²) < 4.78 is 0. The van der Waals surface area contributed by atoms with Crippen molar-refractivity contribution in [1.82, 2.24) is 4.90 Å². The molecule has 110 valence electrons. The van der Waals surface area contributed by atoms with Crippen molar-refractivity contribution in [2.45, 2.75) is 32.4 Å². The number of likely N-dealkylation sites (N-methyl/N-ethyl adjacent to an activating group) is 1. The molecule has 0 bridgehead atoms. The zero-order valence-electron chi connectivity index (χ0n) is 12.0. The van der Waals surface area contributed by atoms with E-state index in [-0.39, 0.29) is 18.9 Å². The highest BCUT2D eigenvalue weighted by atomic mass is 16.4. The average molecular weight is 279 g/mol. The molecule has 0 heterocycles. The number of nitrogens with zero attached hydrogens (tertiary/aromatic N) is 1. The second-order valence-corrected chi connectivity index (χ2v) is 5.41. The molecule has 0 amide bonds. The molecule has 0 aliphatic rings. The molecule has 1 rings (SSSR count). The molecule has 0 saturated carbocycles. The number of aliphatic carboxylic acids is 2. The largest absolute Gasteiger partial charge is 0.479 e. The third kappa shape index (κ3) is 3.36. The van der Waals surface area contributed by atoms with Crippen LogP contribution in [0, 0.1) is 5.92 Å². The molecule has 1 aromatic carbocycles. The van der Waals surface area contributed by atoms with E-state index in [0.717, 1.165) is 5.56 Å². The molecule has 0 spiro atoms. The summed E-state index contributed by atoms with van der Waals surface area (Å²) in [5, 5.41) is 18.9. The molecule has 2 N–H and O–H groups in total. The lowest BCUT2D eigenvalue weighted by Crippen LogP contribution is -2.59. The van der Waals surface area contributed by atoms with Crippen molar-refractivity contribution in [3.8, 4) is 0 Å². The van der Waals surface area contributed by atoms with Crippen LogP contribution in [0.25, 0.3) is 0 Å². The van der Waals surface area contributed by atoms with Crippen molar-refractivity contribution in [3.63, 3.8) is 0 Å². The van der Waals surface area contributed by atoms with Crippen LogP contribution in [0.15, 0.2) is 30.3 Å². The minimum absolute atomic E-state index is 0.0413. The molecular weight excluding hydrogens is 258 g/mol.